The second-order valence-corrected chi connectivity index (χ2v) is 6.89. The summed E-state index contributed by atoms with van der Waals surface area (Å²) in [5.74, 6) is -0.733. The van der Waals surface area contributed by atoms with Crippen molar-refractivity contribution in [3.63, 3.8) is 0 Å². The largest absolute Gasteiger partial charge is 0.394 e. The Labute approximate surface area is 158 Å². The van der Waals surface area contributed by atoms with E-state index < -0.39 is 18.5 Å². The molecule has 0 fully saturated rings. The number of rotatable bonds is 4. The summed E-state index contributed by atoms with van der Waals surface area (Å²) in [4.78, 5) is 18.2. The maximum atomic E-state index is 14.3. The van der Waals surface area contributed by atoms with E-state index in [1.165, 1.54) is 11.0 Å². The van der Waals surface area contributed by atoms with Gasteiger partial charge >= 0.3 is 0 Å². The van der Waals surface area contributed by atoms with E-state index in [9.17, 15) is 14.3 Å². The summed E-state index contributed by atoms with van der Waals surface area (Å²) in [7, 11) is 0. The molecular weight excluding hydrogens is 438 g/mol. The molecule has 2 N–H and O–H groups in total. The maximum absolute atomic E-state index is 14.3. The molecule has 1 aliphatic heterocycles. The highest BCUT2D eigenvalue weighted by atomic mass is 127. The van der Waals surface area contributed by atoms with Crippen LogP contribution < -0.4 is 4.90 Å². The monoisotopic (exact) mass is 454 g/mol. The second kappa shape index (κ2) is 7.59. The van der Waals surface area contributed by atoms with E-state index in [1.807, 2.05) is 12.1 Å². The quantitative estimate of drug-likeness (QED) is 0.695. The summed E-state index contributed by atoms with van der Waals surface area (Å²) in [5.41, 5.74) is 1.88. The van der Waals surface area contributed by atoms with Crippen LogP contribution in [-0.4, -0.2) is 47.6 Å². The Balaban J connectivity index is 2.16. The number of aliphatic hydroxyl groups is 2. The van der Waals surface area contributed by atoms with Gasteiger partial charge in [-0.1, -0.05) is 12.1 Å². The number of hydrogen-bond acceptors (Lipinski definition) is 4. The van der Waals surface area contributed by atoms with Crippen LogP contribution in [-0.2, 0) is 4.79 Å². The molecule has 0 saturated carbocycles. The van der Waals surface area contributed by atoms with Crippen LogP contribution >= 0.6 is 22.6 Å². The van der Waals surface area contributed by atoms with Gasteiger partial charge in [0.1, 0.15) is 12.4 Å². The minimum Gasteiger partial charge on any atom is -0.394 e. The first kappa shape index (κ1) is 18.0. The normalized spacial score (nSPS) is 15.4. The van der Waals surface area contributed by atoms with Crippen molar-refractivity contribution >= 4 is 39.9 Å². The fraction of sp³-hybridized carbons (Fsp3) is 0.222. The van der Waals surface area contributed by atoms with Gasteiger partial charge < -0.3 is 15.1 Å². The second-order valence-electron chi connectivity index (χ2n) is 5.65. The molecule has 0 aromatic heterocycles. The summed E-state index contributed by atoms with van der Waals surface area (Å²) < 4.78 is 15.2. The fourth-order valence-electron chi connectivity index (χ4n) is 2.74. The number of carbonyl (C=O) groups is 1. The van der Waals surface area contributed by atoms with Crippen LogP contribution in [0.4, 0.5) is 10.1 Å². The number of carbonyl (C=O) groups excluding carboxylic acids is 1. The van der Waals surface area contributed by atoms with E-state index in [2.05, 4.69) is 27.6 Å². The van der Waals surface area contributed by atoms with Gasteiger partial charge in [-0.15, -0.1) is 0 Å². The summed E-state index contributed by atoms with van der Waals surface area (Å²) in [6, 6.07) is 11.7. The number of β-amino-alcohol motifs (C(OH)–C–C–N with tert-alkyl or cyclic N) is 1. The number of aliphatic hydroxyl groups excluding tert-OH is 2. The first-order valence-electron chi connectivity index (χ1n) is 7.70. The molecular formula is C18H16FIN2O3. The van der Waals surface area contributed by atoms with Crippen LogP contribution in [0, 0.1) is 9.39 Å². The lowest BCUT2D eigenvalue weighted by atomic mass is 9.99. The Bertz CT molecular complexity index is 841. The van der Waals surface area contributed by atoms with Crippen molar-refractivity contribution in [3.05, 3.63) is 63.0 Å². The van der Waals surface area contributed by atoms with Crippen molar-refractivity contribution in [2.75, 3.05) is 24.6 Å². The molecule has 3 rings (SSSR count). The highest BCUT2D eigenvalue weighted by Gasteiger charge is 2.27. The molecule has 0 bridgehead atoms. The first-order chi connectivity index (χ1) is 12.0. The molecule has 130 valence electrons. The highest BCUT2D eigenvalue weighted by Crippen LogP contribution is 2.29. The van der Waals surface area contributed by atoms with Crippen molar-refractivity contribution in [1.82, 2.24) is 0 Å². The summed E-state index contributed by atoms with van der Waals surface area (Å²) in [6.07, 6.45) is -1.06. The predicted molar refractivity (Wildman–Crippen MR) is 102 cm³/mol. The van der Waals surface area contributed by atoms with Crippen LogP contribution in [0.15, 0.2) is 47.5 Å². The standard InChI is InChI=1S/C18H16FIN2O3/c19-15-4-2-1-3-13(15)18-14-7-11(20)5-6-16(14)22(9-12(24)10-23)17(25)8-21-18/h1-7,12,23-24H,8-10H2. The van der Waals surface area contributed by atoms with Crippen LogP contribution in [0.25, 0.3) is 0 Å². The molecule has 1 heterocycles. The zero-order chi connectivity index (χ0) is 18.0. The maximum Gasteiger partial charge on any atom is 0.248 e. The van der Waals surface area contributed by atoms with E-state index in [0.717, 1.165) is 3.57 Å². The molecule has 2 aromatic rings. The molecule has 0 spiro atoms. The lowest BCUT2D eigenvalue weighted by Crippen LogP contribution is -2.40. The third-order valence-electron chi connectivity index (χ3n) is 3.91. The van der Waals surface area contributed by atoms with Crippen LogP contribution in [0.1, 0.15) is 11.1 Å². The third-order valence-corrected chi connectivity index (χ3v) is 4.58. The summed E-state index contributed by atoms with van der Waals surface area (Å²) in [6.45, 7) is -0.666. The number of amides is 1. The van der Waals surface area contributed by atoms with Gasteiger partial charge in [-0.3, -0.25) is 9.79 Å². The molecule has 1 amide bonds. The Morgan fingerprint density at radius 1 is 1.24 bits per heavy atom. The molecule has 25 heavy (non-hydrogen) atoms. The lowest BCUT2D eigenvalue weighted by Gasteiger charge is -2.25. The number of benzodiazepines with no additional fused rings is 1. The molecule has 2 aromatic carbocycles. The molecule has 0 radical (unpaired) electrons. The van der Waals surface area contributed by atoms with Gasteiger partial charge in [0.15, 0.2) is 0 Å². The van der Waals surface area contributed by atoms with Gasteiger partial charge in [-0.25, -0.2) is 4.39 Å². The molecule has 1 atom stereocenters. The number of halogens is 2. The molecule has 0 aliphatic carbocycles. The summed E-state index contributed by atoms with van der Waals surface area (Å²) in [5, 5.41) is 18.9. The van der Waals surface area contributed by atoms with E-state index in [-0.39, 0.29) is 19.0 Å². The molecule has 1 unspecified atom stereocenters. The van der Waals surface area contributed by atoms with Crippen molar-refractivity contribution in [1.29, 1.82) is 0 Å². The van der Waals surface area contributed by atoms with Crippen molar-refractivity contribution in [2.24, 2.45) is 4.99 Å². The zero-order valence-electron chi connectivity index (χ0n) is 13.2. The Morgan fingerprint density at radius 3 is 2.72 bits per heavy atom. The van der Waals surface area contributed by atoms with Gasteiger partial charge in [-0.2, -0.15) is 0 Å². The van der Waals surface area contributed by atoms with Crippen LogP contribution in [0.2, 0.25) is 0 Å². The zero-order valence-corrected chi connectivity index (χ0v) is 15.4. The smallest absolute Gasteiger partial charge is 0.248 e. The number of hydrogen-bond donors (Lipinski definition) is 2. The Hall–Kier alpha value is -1.84. The predicted octanol–water partition coefficient (Wildman–Crippen LogP) is 1.97. The van der Waals surface area contributed by atoms with Crippen molar-refractivity contribution in [3.8, 4) is 0 Å². The number of nitrogens with zero attached hydrogens (tertiary/aromatic N) is 2. The van der Waals surface area contributed by atoms with Crippen LogP contribution in [0.5, 0.6) is 0 Å². The Morgan fingerprint density at radius 2 is 2.00 bits per heavy atom. The van der Waals surface area contributed by atoms with Gasteiger partial charge in [0.25, 0.3) is 0 Å². The van der Waals surface area contributed by atoms with Gasteiger partial charge in [0.2, 0.25) is 5.91 Å². The van der Waals surface area contributed by atoms with E-state index in [4.69, 9.17) is 5.11 Å². The number of benzene rings is 2. The van der Waals surface area contributed by atoms with Crippen LogP contribution in [0.3, 0.4) is 0 Å². The molecule has 5 nitrogen and oxygen atoms in total. The van der Waals surface area contributed by atoms with Gasteiger partial charge in [0.05, 0.1) is 30.7 Å². The average molecular weight is 454 g/mol. The molecule has 1 aliphatic rings. The van der Waals surface area contributed by atoms with E-state index in [1.54, 1.807) is 24.3 Å². The summed E-state index contributed by atoms with van der Waals surface area (Å²) >= 11 is 2.14. The molecule has 7 heteroatoms. The lowest BCUT2D eigenvalue weighted by molar-refractivity contribution is -0.117. The fourth-order valence-corrected chi connectivity index (χ4v) is 3.23. The van der Waals surface area contributed by atoms with Gasteiger partial charge in [-0.05, 0) is 52.9 Å². The van der Waals surface area contributed by atoms with Crippen molar-refractivity contribution < 1.29 is 19.4 Å². The minimum absolute atomic E-state index is 0.0526. The van der Waals surface area contributed by atoms with E-state index in [0.29, 0.717) is 22.5 Å². The Kier molecular flexibility index (Phi) is 5.45. The van der Waals surface area contributed by atoms with Gasteiger partial charge in [0, 0.05) is 14.7 Å². The van der Waals surface area contributed by atoms with E-state index >= 15 is 0 Å². The topological polar surface area (TPSA) is 73.1 Å². The SMILES string of the molecule is O=C1CN=C(c2ccccc2F)c2cc(I)ccc2N1CC(O)CO. The minimum atomic E-state index is -1.06. The number of fused-ring (bicyclic) bond motifs is 1. The third kappa shape index (κ3) is 3.73. The number of anilines is 1. The van der Waals surface area contributed by atoms with Crippen molar-refractivity contribution in [2.45, 2.75) is 6.10 Å². The highest BCUT2D eigenvalue weighted by molar-refractivity contribution is 14.1. The average Bonchev–Trinajstić information content (AvgIpc) is 2.73. The number of aliphatic imine (C=N–C) groups is 1. The first-order valence-corrected chi connectivity index (χ1v) is 8.77. The molecule has 0 saturated heterocycles.